The molecule has 2 rings (SSSR count). The number of benzene rings is 1. The number of sulfonamides is 1. The summed E-state index contributed by atoms with van der Waals surface area (Å²) in [7, 11) is -3.79. The minimum Gasteiger partial charge on any atom is -0.462 e. The normalized spacial score (nSPS) is 11.3. The zero-order chi connectivity index (χ0) is 17.2. The predicted octanol–water partition coefficient (Wildman–Crippen LogP) is 4.10. The van der Waals surface area contributed by atoms with E-state index in [0.29, 0.717) is 4.47 Å². The SMILES string of the molecule is CCOC(=O)c1c(NS(=O)(=O)c2cccc(Br)c2)sc(C)c1C. The molecule has 1 N–H and O–H groups in total. The van der Waals surface area contributed by atoms with Crippen molar-refractivity contribution >= 4 is 48.3 Å². The molecule has 1 aromatic heterocycles. The van der Waals surface area contributed by atoms with Gasteiger partial charge in [0.05, 0.1) is 17.1 Å². The van der Waals surface area contributed by atoms with Crippen LogP contribution in [0.1, 0.15) is 27.7 Å². The maximum absolute atomic E-state index is 12.5. The van der Waals surface area contributed by atoms with Crippen LogP contribution in [0.25, 0.3) is 0 Å². The molecule has 0 unspecified atom stereocenters. The van der Waals surface area contributed by atoms with Crippen LogP contribution in [0.15, 0.2) is 33.6 Å². The van der Waals surface area contributed by atoms with Gasteiger partial charge in [-0.2, -0.15) is 0 Å². The second kappa shape index (κ2) is 7.02. The van der Waals surface area contributed by atoms with E-state index in [0.717, 1.165) is 10.4 Å². The molecule has 0 spiro atoms. The topological polar surface area (TPSA) is 72.5 Å². The third-order valence-corrected chi connectivity index (χ3v) is 6.29. The Labute approximate surface area is 147 Å². The maximum atomic E-state index is 12.5. The Balaban J connectivity index is 2.44. The highest BCUT2D eigenvalue weighted by Gasteiger charge is 2.24. The summed E-state index contributed by atoms with van der Waals surface area (Å²) in [5.74, 6) is -0.527. The molecule has 0 amide bonds. The van der Waals surface area contributed by atoms with E-state index < -0.39 is 16.0 Å². The minimum atomic E-state index is -3.79. The second-order valence-corrected chi connectivity index (χ2v) is 8.59. The van der Waals surface area contributed by atoms with Crippen LogP contribution in [0.4, 0.5) is 5.00 Å². The Kier molecular flexibility index (Phi) is 5.49. The molecule has 5 nitrogen and oxygen atoms in total. The van der Waals surface area contributed by atoms with Crippen molar-refractivity contribution in [2.45, 2.75) is 25.7 Å². The fourth-order valence-electron chi connectivity index (χ4n) is 1.96. The first-order valence-electron chi connectivity index (χ1n) is 6.81. The fraction of sp³-hybridized carbons (Fsp3) is 0.267. The van der Waals surface area contributed by atoms with Crippen LogP contribution >= 0.6 is 27.3 Å². The van der Waals surface area contributed by atoms with E-state index in [4.69, 9.17) is 4.74 Å². The second-order valence-electron chi connectivity index (χ2n) is 4.77. The van der Waals surface area contributed by atoms with Crippen molar-refractivity contribution < 1.29 is 17.9 Å². The molecule has 1 aromatic carbocycles. The smallest absolute Gasteiger partial charge is 0.341 e. The van der Waals surface area contributed by atoms with Gasteiger partial charge in [-0.3, -0.25) is 4.72 Å². The summed E-state index contributed by atoms with van der Waals surface area (Å²) in [5, 5.41) is 0.276. The molecule has 23 heavy (non-hydrogen) atoms. The van der Waals surface area contributed by atoms with Crippen molar-refractivity contribution in [1.29, 1.82) is 0 Å². The monoisotopic (exact) mass is 417 g/mol. The number of nitrogens with one attached hydrogen (secondary N) is 1. The Morgan fingerprint density at radius 3 is 2.65 bits per heavy atom. The molecule has 0 radical (unpaired) electrons. The summed E-state index contributed by atoms with van der Waals surface area (Å²) >= 11 is 4.47. The summed E-state index contributed by atoms with van der Waals surface area (Å²) in [6.45, 7) is 5.54. The average molecular weight is 418 g/mol. The number of carbonyl (C=O) groups is 1. The quantitative estimate of drug-likeness (QED) is 0.742. The zero-order valence-electron chi connectivity index (χ0n) is 12.8. The van der Waals surface area contributed by atoms with Crippen LogP contribution in [0, 0.1) is 13.8 Å². The Morgan fingerprint density at radius 1 is 1.35 bits per heavy atom. The number of hydrogen-bond acceptors (Lipinski definition) is 5. The first-order chi connectivity index (χ1) is 10.8. The van der Waals surface area contributed by atoms with E-state index in [2.05, 4.69) is 20.7 Å². The zero-order valence-corrected chi connectivity index (χ0v) is 16.1. The standard InChI is InChI=1S/C15H16BrNO4S2/c1-4-21-15(18)13-9(2)10(3)22-14(13)17-23(19,20)12-7-5-6-11(16)8-12/h5-8,17H,4H2,1-3H3. The van der Waals surface area contributed by atoms with Crippen LogP contribution < -0.4 is 4.72 Å². The molecule has 0 saturated carbocycles. The number of halogens is 1. The number of anilines is 1. The van der Waals surface area contributed by atoms with Crippen LogP contribution in [-0.4, -0.2) is 21.0 Å². The molecule has 0 aliphatic carbocycles. The molecule has 0 fully saturated rings. The lowest BCUT2D eigenvalue weighted by atomic mass is 10.2. The number of ether oxygens (including phenoxy) is 1. The van der Waals surface area contributed by atoms with Gasteiger partial charge in [0.25, 0.3) is 10.0 Å². The average Bonchev–Trinajstić information content (AvgIpc) is 2.73. The summed E-state index contributed by atoms with van der Waals surface area (Å²) in [6, 6.07) is 6.36. The number of rotatable bonds is 5. The summed E-state index contributed by atoms with van der Waals surface area (Å²) in [4.78, 5) is 13.1. The third kappa shape index (κ3) is 3.94. The highest BCUT2D eigenvalue weighted by molar-refractivity contribution is 9.10. The van der Waals surface area contributed by atoms with Gasteiger partial charge in [0.15, 0.2) is 0 Å². The first-order valence-corrected chi connectivity index (χ1v) is 9.91. The van der Waals surface area contributed by atoms with Gasteiger partial charge in [-0.1, -0.05) is 22.0 Å². The maximum Gasteiger partial charge on any atom is 0.341 e. The van der Waals surface area contributed by atoms with Gasteiger partial charge in [-0.05, 0) is 44.5 Å². The molecule has 8 heteroatoms. The van der Waals surface area contributed by atoms with Crippen molar-refractivity contribution in [2.75, 3.05) is 11.3 Å². The third-order valence-electron chi connectivity index (χ3n) is 3.20. The van der Waals surface area contributed by atoms with Gasteiger partial charge in [0, 0.05) is 9.35 Å². The molecule has 2 aromatic rings. The van der Waals surface area contributed by atoms with Gasteiger partial charge in [0.2, 0.25) is 0 Å². The van der Waals surface area contributed by atoms with E-state index in [1.54, 1.807) is 26.0 Å². The van der Waals surface area contributed by atoms with Gasteiger partial charge in [0.1, 0.15) is 5.00 Å². The molecule has 0 aliphatic rings. The van der Waals surface area contributed by atoms with Gasteiger partial charge in [-0.25, -0.2) is 13.2 Å². The fourth-order valence-corrected chi connectivity index (χ4v) is 4.91. The molecule has 0 atom stereocenters. The molecule has 0 saturated heterocycles. The van der Waals surface area contributed by atoms with Crippen LogP contribution in [0.2, 0.25) is 0 Å². The van der Waals surface area contributed by atoms with Crippen LogP contribution in [0.3, 0.4) is 0 Å². The van der Waals surface area contributed by atoms with Crippen LogP contribution in [-0.2, 0) is 14.8 Å². The largest absolute Gasteiger partial charge is 0.462 e. The van der Waals surface area contributed by atoms with Crippen molar-refractivity contribution in [2.24, 2.45) is 0 Å². The van der Waals surface area contributed by atoms with E-state index >= 15 is 0 Å². The van der Waals surface area contributed by atoms with Crippen molar-refractivity contribution in [3.63, 3.8) is 0 Å². The van der Waals surface area contributed by atoms with E-state index in [1.807, 2.05) is 6.92 Å². The van der Waals surface area contributed by atoms with Gasteiger partial charge >= 0.3 is 5.97 Å². The number of aryl methyl sites for hydroxylation is 1. The highest BCUT2D eigenvalue weighted by atomic mass is 79.9. The Hall–Kier alpha value is -1.38. The van der Waals surface area contributed by atoms with Gasteiger partial charge in [-0.15, -0.1) is 11.3 Å². The van der Waals surface area contributed by atoms with Crippen LogP contribution in [0.5, 0.6) is 0 Å². The Bertz CT molecular complexity index is 843. The lowest BCUT2D eigenvalue weighted by Crippen LogP contribution is -2.15. The first kappa shape index (κ1) is 18.0. The van der Waals surface area contributed by atoms with E-state index in [1.165, 1.54) is 23.5 Å². The highest BCUT2D eigenvalue weighted by Crippen LogP contribution is 2.34. The summed E-state index contributed by atoms with van der Waals surface area (Å²) < 4.78 is 33.2. The lowest BCUT2D eigenvalue weighted by Gasteiger charge is -2.09. The predicted molar refractivity (Wildman–Crippen MR) is 94.7 cm³/mol. The number of thiophene rings is 1. The van der Waals surface area contributed by atoms with Crippen molar-refractivity contribution in [3.05, 3.63) is 44.7 Å². The van der Waals surface area contributed by atoms with Crippen molar-refractivity contribution in [3.8, 4) is 0 Å². The van der Waals surface area contributed by atoms with Gasteiger partial charge < -0.3 is 4.74 Å². The van der Waals surface area contributed by atoms with E-state index in [-0.39, 0.29) is 22.1 Å². The molecule has 0 bridgehead atoms. The number of esters is 1. The molecular formula is C15H16BrNO4S2. The molecule has 0 aliphatic heterocycles. The van der Waals surface area contributed by atoms with E-state index in [9.17, 15) is 13.2 Å². The van der Waals surface area contributed by atoms with Crippen molar-refractivity contribution in [1.82, 2.24) is 0 Å². The molecule has 124 valence electrons. The lowest BCUT2D eigenvalue weighted by molar-refractivity contribution is 0.0527. The number of hydrogen-bond donors (Lipinski definition) is 1. The minimum absolute atomic E-state index is 0.116. The summed E-state index contributed by atoms with van der Waals surface area (Å²) in [6.07, 6.45) is 0. The molecule has 1 heterocycles. The molecular weight excluding hydrogens is 402 g/mol. The summed E-state index contributed by atoms with van der Waals surface area (Å²) in [5.41, 5.74) is 0.994. The number of carbonyl (C=O) groups excluding carboxylic acids is 1. The Morgan fingerprint density at radius 2 is 2.04 bits per heavy atom.